The molecule has 0 radical (unpaired) electrons. The molecule has 0 bridgehead atoms. The van der Waals surface area contributed by atoms with E-state index >= 15 is 0 Å². The minimum atomic E-state index is -3.73. The highest BCUT2D eigenvalue weighted by Crippen LogP contribution is 2.36. The van der Waals surface area contributed by atoms with Gasteiger partial charge in [0, 0.05) is 17.7 Å². The van der Waals surface area contributed by atoms with Gasteiger partial charge in [0.05, 0.1) is 23.8 Å². The first-order chi connectivity index (χ1) is 13.1. The molecule has 150 valence electrons. The number of nitrogens with one attached hydrogen (secondary N) is 1. The molecule has 0 saturated carbocycles. The molecule has 2 aromatic rings. The van der Waals surface area contributed by atoms with Gasteiger partial charge < -0.3 is 0 Å². The molecule has 0 amide bonds. The van der Waals surface area contributed by atoms with Gasteiger partial charge in [0.15, 0.2) is 0 Å². The Kier molecular flexibility index (Phi) is 5.44. The Morgan fingerprint density at radius 3 is 2.50 bits per heavy atom. The van der Waals surface area contributed by atoms with E-state index in [0.29, 0.717) is 17.0 Å². The largest absolute Gasteiger partial charge is 0.284 e. The molecule has 0 aromatic heterocycles. The molecule has 1 aliphatic rings. The highest BCUT2D eigenvalue weighted by Gasteiger charge is 2.35. The van der Waals surface area contributed by atoms with Gasteiger partial charge in [0.25, 0.3) is 0 Å². The number of hydrogen-bond donors (Lipinski definition) is 1. The first kappa shape index (κ1) is 20.3. The first-order valence-corrected chi connectivity index (χ1v) is 12.0. The van der Waals surface area contributed by atoms with Crippen molar-refractivity contribution in [3.05, 3.63) is 65.5 Å². The molecule has 1 heterocycles. The van der Waals surface area contributed by atoms with Crippen LogP contribution in [0.3, 0.4) is 0 Å². The summed E-state index contributed by atoms with van der Waals surface area (Å²) >= 11 is 0. The molecule has 0 saturated heterocycles. The third-order valence-electron chi connectivity index (χ3n) is 4.33. The number of rotatable bonds is 6. The summed E-state index contributed by atoms with van der Waals surface area (Å²) in [6, 6.07) is 11.7. The smallest absolute Gasteiger partial charge is 0.247 e. The number of halogens is 1. The van der Waals surface area contributed by atoms with Crippen LogP contribution in [-0.2, 0) is 20.0 Å². The maximum atomic E-state index is 14.3. The summed E-state index contributed by atoms with van der Waals surface area (Å²) in [5.41, 5.74) is 1.57. The Morgan fingerprint density at radius 2 is 1.86 bits per heavy atom. The van der Waals surface area contributed by atoms with Crippen molar-refractivity contribution in [2.45, 2.75) is 19.4 Å². The molecule has 7 nitrogen and oxygen atoms in total. The van der Waals surface area contributed by atoms with E-state index in [4.69, 9.17) is 0 Å². The standard InChI is InChI=1S/C18H20FN3O4S2/c1-3-28(25,26)21-14-8-6-7-13(11-14)17-12-18(22(20-17)27(2,23)24)15-9-4-5-10-16(15)19/h4-11,18,21H,3,12H2,1-2H3. The third kappa shape index (κ3) is 4.33. The summed E-state index contributed by atoms with van der Waals surface area (Å²) in [5.74, 6) is -0.586. The molecule has 0 spiro atoms. The maximum Gasteiger partial charge on any atom is 0.247 e. The van der Waals surface area contributed by atoms with Gasteiger partial charge in [-0.05, 0) is 30.7 Å². The van der Waals surface area contributed by atoms with Gasteiger partial charge in [-0.3, -0.25) is 4.72 Å². The monoisotopic (exact) mass is 425 g/mol. The van der Waals surface area contributed by atoms with Crippen molar-refractivity contribution in [3.63, 3.8) is 0 Å². The molecule has 3 rings (SSSR count). The average molecular weight is 426 g/mol. The topological polar surface area (TPSA) is 95.9 Å². The normalized spacial score (nSPS) is 17.5. The van der Waals surface area contributed by atoms with E-state index in [0.717, 1.165) is 10.7 Å². The highest BCUT2D eigenvalue weighted by atomic mass is 32.2. The van der Waals surface area contributed by atoms with Gasteiger partial charge in [0.2, 0.25) is 20.0 Å². The summed E-state index contributed by atoms with van der Waals surface area (Å²) in [7, 11) is -7.18. The van der Waals surface area contributed by atoms with Gasteiger partial charge in [-0.2, -0.15) is 9.52 Å². The number of hydrazone groups is 1. The van der Waals surface area contributed by atoms with Crippen LogP contribution in [0.15, 0.2) is 53.6 Å². The van der Waals surface area contributed by atoms with Crippen molar-refractivity contribution in [3.8, 4) is 0 Å². The lowest BCUT2D eigenvalue weighted by molar-refractivity contribution is 0.365. The van der Waals surface area contributed by atoms with Crippen LogP contribution in [0, 0.1) is 5.82 Å². The third-order valence-corrected chi connectivity index (χ3v) is 6.65. The molecule has 0 fully saturated rings. The van der Waals surface area contributed by atoms with Crippen LogP contribution in [0.2, 0.25) is 0 Å². The second kappa shape index (κ2) is 7.51. The molecule has 28 heavy (non-hydrogen) atoms. The summed E-state index contributed by atoms with van der Waals surface area (Å²) in [4.78, 5) is 0. The molecule has 1 atom stereocenters. The molecule has 2 aromatic carbocycles. The van der Waals surface area contributed by atoms with Crippen molar-refractivity contribution in [2.75, 3.05) is 16.7 Å². The number of sulfonamides is 2. The SMILES string of the molecule is CCS(=O)(=O)Nc1cccc(C2=NN(S(C)(=O)=O)C(c3ccccc3F)C2)c1. The van der Waals surface area contributed by atoms with Gasteiger partial charge in [-0.25, -0.2) is 21.2 Å². The Balaban J connectivity index is 1.98. The van der Waals surface area contributed by atoms with E-state index in [9.17, 15) is 21.2 Å². The molecule has 1 N–H and O–H groups in total. The van der Waals surface area contributed by atoms with Crippen LogP contribution in [0.5, 0.6) is 0 Å². The van der Waals surface area contributed by atoms with E-state index < -0.39 is 31.9 Å². The van der Waals surface area contributed by atoms with E-state index in [-0.39, 0.29) is 17.7 Å². The van der Waals surface area contributed by atoms with Gasteiger partial charge >= 0.3 is 0 Å². The van der Waals surface area contributed by atoms with E-state index in [1.165, 1.54) is 25.1 Å². The fraction of sp³-hybridized carbons (Fsp3) is 0.278. The maximum absolute atomic E-state index is 14.3. The fourth-order valence-corrected chi connectivity index (χ4v) is 4.49. The summed E-state index contributed by atoms with van der Waals surface area (Å²) in [6.45, 7) is 1.52. The van der Waals surface area contributed by atoms with Crippen molar-refractivity contribution >= 4 is 31.4 Å². The molecular formula is C18H20FN3O4S2. The second-order valence-corrected chi connectivity index (χ2v) is 10.3. The number of benzene rings is 2. The zero-order chi connectivity index (χ0) is 20.5. The number of hydrogen-bond acceptors (Lipinski definition) is 5. The highest BCUT2D eigenvalue weighted by molar-refractivity contribution is 7.92. The predicted octanol–water partition coefficient (Wildman–Crippen LogP) is 2.70. The molecular weight excluding hydrogens is 405 g/mol. The van der Waals surface area contributed by atoms with E-state index in [1.807, 2.05) is 0 Å². The van der Waals surface area contributed by atoms with Crippen LogP contribution in [0.4, 0.5) is 10.1 Å². The number of nitrogens with zero attached hydrogens (tertiary/aromatic N) is 2. The molecule has 10 heteroatoms. The molecule has 0 aliphatic carbocycles. The summed E-state index contributed by atoms with van der Waals surface area (Å²) < 4.78 is 65.6. The zero-order valence-electron chi connectivity index (χ0n) is 15.3. The van der Waals surface area contributed by atoms with Crippen LogP contribution in [-0.4, -0.2) is 39.0 Å². The van der Waals surface area contributed by atoms with Crippen molar-refractivity contribution in [1.82, 2.24) is 4.41 Å². The average Bonchev–Trinajstić information content (AvgIpc) is 3.08. The minimum absolute atomic E-state index is 0.0740. The Bertz CT molecular complexity index is 1130. The van der Waals surface area contributed by atoms with E-state index in [2.05, 4.69) is 9.82 Å². The molecule has 1 unspecified atom stereocenters. The quantitative estimate of drug-likeness (QED) is 0.770. The Hall–Kier alpha value is -2.46. The van der Waals surface area contributed by atoms with Crippen molar-refractivity contribution in [1.29, 1.82) is 0 Å². The van der Waals surface area contributed by atoms with Crippen LogP contribution in [0.25, 0.3) is 0 Å². The minimum Gasteiger partial charge on any atom is -0.284 e. The molecule has 1 aliphatic heterocycles. The number of anilines is 1. The lowest BCUT2D eigenvalue weighted by atomic mass is 9.98. The zero-order valence-corrected chi connectivity index (χ0v) is 17.0. The summed E-state index contributed by atoms with van der Waals surface area (Å²) in [5, 5.41) is 4.20. The van der Waals surface area contributed by atoms with Gasteiger partial charge in [0.1, 0.15) is 5.82 Å². The van der Waals surface area contributed by atoms with Crippen molar-refractivity contribution in [2.24, 2.45) is 5.10 Å². The van der Waals surface area contributed by atoms with Crippen LogP contribution >= 0.6 is 0 Å². The Labute approximate surface area is 164 Å². The lowest BCUT2D eigenvalue weighted by Gasteiger charge is -2.21. The van der Waals surface area contributed by atoms with Crippen molar-refractivity contribution < 1.29 is 21.2 Å². The van der Waals surface area contributed by atoms with Crippen LogP contribution < -0.4 is 4.72 Å². The predicted molar refractivity (Wildman–Crippen MR) is 107 cm³/mol. The van der Waals surface area contributed by atoms with Gasteiger partial charge in [-0.15, -0.1) is 0 Å². The van der Waals surface area contributed by atoms with Gasteiger partial charge in [-0.1, -0.05) is 30.3 Å². The fourth-order valence-electron chi connectivity index (χ4n) is 2.96. The van der Waals surface area contributed by atoms with E-state index in [1.54, 1.807) is 30.3 Å². The Morgan fingerprint density at radius 1 is 1.14 bits per heavy atom. The second-order valence-electron chi connectivity index (χ2n) is 6.41. The first-order valence-electron chi connectivity index (χ1n) is 8.53. The lowest BCUT2D eigenvalue weighted by Crippen LogP contribution is -2.26. The summed E-state index contributed by atoms with van der Waals surface area (Å²) in [6.07, 6.45) is 1.18. The van der Waals surface area contributed by atoms with Crippen LogP contribution in [0.1, 0.15) is 30.5 Å².